The summed E-state index contributed by atoms with van der Waals surface area (Å²) in [5.74, 6) is -3.24. The van der Waals surface area contributed by atoms with E-state index >= 15 is 12.8 Å². The third-order valence-electron chi connectivity index (χ3n) is 10.0. The number of hydrogen-bond donors (Lipinski definition) is 2. The van der Waals surface area contributed by atoms with Gasteiger partial charge < -0.3 is 14.3 Å². The maximum atomic E-state index is 15.4. The number of aliphatic carboxylic acids is 1. The van der Waals surface area contributed by atoms with Crippen molar-refractivity contribution in [1.29, 1.82) is 0 Å². The molecule has 0 saturated heterocycles. The van der Waals surface area contributed by atoms with Crippen molar-refractivity contribution in [2.24, 2.45) is 0 Å². The number of nitrogens with one attached hydrogen (secondary N) is 1. The number of benzene rings is 5. The van der Waals surface area contributed by atoms with Crippen LogP contribution < -0.4 is 19.5 Å². The minimum absolute atomic E-state index is 0.0517. The number of rotatable bonds is 14. The molecule has 3 atom stereocenters. The number of carbonyl (C=O) groups is 1. The molecule has 7 nitrogen and oxygen atoms in total. The maximum Gasteiger partial charge on any atom is 0.322 e. The minimum atomic E-state index is -4.78. The van der Waals surface area contributed by atoms with Gasteiger partial charge in [-0.1, -0.05) is 136 Å². The Morgan fingerprint density at radius 1 is 0.870 bits per heavy atom. The summed E-state index contributed by atoms with van der Waals surface area (Å²) in [6, 6.07) is 32.9. The van der Waals surface area contributed by atoms with Crippen LogP contribution in [0, 0.1) is 19.7 Å². The van der Waals surface area contributed by atoms with Gasteiger partial charge in [-0.3, -0.25) is 4.79 Å². The highest BCUT2D eigenvalue weighted by Crippen LogP contribution is 2.43. The number of carboxylic acid groups (broad SMARTS) is 1. The fourth-order valence-electron chi connectivity index (χ4n) is 7.08. The normalized spacial score (nSPS) is 13.9. The summed E-state index contributed by atoms with van der Waals surface area (Å²) in [7, 11) is -8.24. The summed E-state index contributed by atoms with van der Waals surface area (Å²) >= 11 is 6.83. The molecule has 0 aliphatic rings. The van der Waals surface area contributed by atoms with Gasteiger partial charge in [-0.2, -0.15) is 4.72 Å². The standard InChI is InChI=1S/C43H47ClFNO6SSi/c1-28-23-24-37(45)39(29(28)2)30(3)40(42(47)48)46-53(49,50)41-36(31(4)51-27-32-17-11-8-12-18-32)25-33(44)26-38(41)52-54(43(5,6)7,34-19-13-9-14-20-34)35-21-15-10-16-22-35/h8-26,30-31,40,46H,27H2,1-7H3,(H,47,48). The topological polar surface area (TPSA) is 102 Å². The van der Waals surface area contributed by atoms with Gasteiger partial charge in [0.1, 0.15) is 22.5 Å². The average Bonchev–Trinajstić information content (AvgIpc) is 3.13. The van der Waals surface area contributed by atoms with Crippen LogP contribution in [0.2, 0.25) is 10.1 Å². The third kappa shape index (κ3) is 8.48. The minimum Gasteiger partial charge on any atom is -0.533 e. The number of aryl methyl sites for hydroxylation is 1. The first-order chi connectivity index (χ1) is 25.5. The Labute approximate surface area is 324 Å². The van der Waals surface area contributed by atoms with Crippen LogP contribution in [0.15, 0.2) is 120 Å². The summed E-state index contributed by atoms with van der Waals surface area (Å²) in [6.45, 7) is 13.0. The number of ether oxygens (including phenoxy) is 1. The second-order valence-corrected chi connectivity index (χ2v) is 21.0. The summed E-state index contributed by atoms with van der Waals surface area (Å²) in [5.41, 5.74) is 2.45. The highest BCUT2D eigenvalue weighted by Gasteiger charge is 2.53. The molecular formula is C43H47ClFNO6SSi. The quantitative estimate of drug-likeness (QED) is 0.109. The van der Waals surface area contributed by atoms with E-state index in [-0.39, 0.29) is 33.4 Å². The molecule has 0 bridgehead atoms. The Bertz CT molecular complexity index is 2160. The third-order valence-corrected chi connectivity index (χ3v) is 16.7. The highest BCUT2D eigenvalue weighted by atomic mass is 35.5. The van der Waals surface area contributed by atoms with Crippen LogP contribution >= 0.6 is 11.6 Å². The number of carboxylic acids is 1. The maximum absolute atomic E-state index is 15.4. The SMILES string of the molecule is Cc1ccc(F)c(C(C)C(NS(=O)(=O)c2c(O[Si](c3ccccc3)(c3ccccc3)C(C)(C)C)cc(Cl)cc2C(C)OCc2ccccc2)C(=O)O)c1C. The van der Waals surface area contributed by atoms with Crippen LogP contribution in [0.1, 0.15) is 74.5 Å². The second-order valence-electron chi connectivity index (χ2n) is 14.7. The molecule has 0 spiro atoms. The van der Waals surface area contributed by atoms with Gasteiger partial charge in [0.05, 0.1) is 12.7 Å². The first-order valence-electron chi connectivity index (χ1n) is 17.8. The molecule has 5 aromatic carbocycles. The number of halogens is 2. The van der Waals surface area contributed by atoms with Crippen molar-refractivity contribution in [3.8, 4) is 5.75 Å². The molecule has 54 heavy (non-hydrogen) atoms. The van der Waals surface area contributed by atoms with Gasteiger partial charge in [0, 0.05) is 16.5 Å². The molecule has 0 radical (unpaired) electrons. The van der Waals surface area contributed by atoms with Gasteiger partial charge in [0.2, 0.25) is 10.0 Å². The summed E-state index contributed by atoms with van der Waals surface area (Å²) in [6.07, 6.45) is -0.853. The van der Waals surface area contributed by atoms with Gasteiger partial charge in [0.25, 0.3) is 0 Å². The first kappa shape index (κ1) is 40.9. The van der Waals surface area contributed by atoms with Gasteiger partial charge in [-0.25, -0.2) is 12.8 Å². The lowest BCUT2D eigenvalue weighted by Crippen LogP contribution is -2.69. The summed E-state index contributed by atoms with van der Waals surface area (Å²) < 4.78 is 61.5. The Hall–Kier alpha value is -4.32. The Morgan fingerprint density at radius 2 is 1.41 bits per heavy atom. The van der Waals surface area contributed by atoms with Crippen LogP contribution in [0.3, 0.4) is 0 Å². The molecule has 284 valence electrons. The van der Waals surface area contributed by atoms with E-state index in [1.54, 1.807) is 26.8 Å². The second kappa shape index (κ2) is 16.6. The fraction of sp³-hybridized carbons (Fsp3) is 0.279. The van der Waals surface area contributed by atoms with E-state index in [4.69, 9.17) is 20.8 Å². The molecule has 11 heteroatoms. The van der Waals surface area contributed by atoms with E-state index in [1.807, 2.05) is 91.0 Å². The Morgan fingerprint density at radius 3 is 1.93 bits per heavy atom. The Balaban J connectivity index is 1.75. The van der Waals surface area contributed by atoms with Gasteiger partial charge in [0.15, 0.2) is 0 Å². The van der Waals surface area contributed by atoms with Crippen LogP contribution in [0.4, 0.5) is 4.39 Å². The monoisotopic (exact) mass is 787 g/mol. The highest BCUT2D eigenvalue weighted by molar-refractivity contribution is 7.89. The summed E-state index contributed by atoms with van der Waals surface area (Å²) in [5, 5.41) is 11.9. The molecule has 0 fully saturated rings. The van der Waals surface area contributed by atoms with Crippen molar-refractivity contribution in [2.45, 2.75) is 83.1 Å². The summed E-state index contributed by atoms with van der Waals surface area (Å²) in [4.78, 5) is 12.7. The van der Waals surface area contributed by atoms with Crippen molar-refractivity contribution < 1.29 is 31.9 Å². The van der Waals surface area contributed by atoms with Crippen LogP contribution in [-0.4, -0.2) is 33.9 Å². The predicted molar refractivity (Wildman–Crippen MR) is 215 cm³/mol. The van der Waals surface area contributed by atoms with E-state index in [0.29, 0.717) is 5.56 Å². The lowest BCUT2D eigenvalue weighted by Gasteiger charge is -2.43. The van der Waals surface area contributed by atoms with Crippen molar-refractivity contribution in [3.05, 3.63) is 154 Å². The van der Waals surface area contributed by atoms with E-state index < -0.39 is 53.2 Å². The van der Waals surface area contributed by atoms with Crippen molar-refractivity contribution in [1.82, 2.24) is 4.72 Å². The molecule has 0 saturated carbocycles. The van der Waals surface area contributed by atoms with Crippen LogP contribution in [0.25, 0.3) is 0 Å². The number of sulfonamides is 1. The molecule has 0 aliphatic carbocycles. The molecule has 0 heterocycles. The zero-order chi connectivity index (χ0) is 39.4. The predicted octanol–water partition coefficient (Wildman–Crippen LogP) is 8.85. The fourth-order valence-corrected chi connectivity index (χ4v) is 13.4. The van der Waals surface area contributed by atoms with Gasteiger partial charge in [-0.05, 0) is 76.6 Å². The molecule has 5 rings (SSSR count). The molecule has 0 aliphatic heterocycles. The number of hydrogen-bond acceptors (Lipinski definition) is 5. The van der Waals surface area contributed by atoms with Crippen molar-refractivity contribution >= 4 is 46.3 Å². The molecule has 0 amide bonds. The smallest absolute Gasteiger partial charge is 0.322 e. The van der Waals surface area contributed by atoms with E-state index in [0.717, 1.165) is 21.5 Å². The largest absolute Gasteiger partial charge is 0.533 e. The molecule has 3 unspecified atom stereocenters. The lowest BCUT2D eigenvalue weighted by atomic mass is 9.88. The van der Waals surface area contributed by atoms with Crippen molar-refractivity contribution in [2.75, 3.05) is 0 Å². The lowest BCUT2D eigenvalue weighted by molar-refractivity contribution is -0.139. The van der Waals surface area contributed by atoms with Gasteiger partial charge >= 0.3 is 14.3 Å². The van der Waals surface area contributed by atoms with Crippen molar-refractivity contribution in [3.63, 3.8) is 0 Å². The zero-order valence-corrected chi connectivity index (χ0v) is 34.1. The molecular weight excluding hydrogens is 741 g/mol. The van der Waals surface area contributed by atoms with E-state index in [1.165, 1.54) is 25.1 Å². The van der Waals surface area contributed by atoms with Gasteiger partial charge in [-0.15, -0.1) is 0 Å². The molecule has 2 N–H and O–H groups in total. The molecule has 0 aromatic heterocycles. The van der Waals surface area contributed by atoms with Crippen LogP contribution in [0.5, 0.6) is 5.75 Å². The molecule has 5 aromatic rings. The Kier molecular flexibility index (Phi) is 12.5. The van der Waals surface area contributed by atoms with E-state index in [9.17, 15) is 9.90 Å². The van der Waals surface area contributed by atoms with E-state index in [2.05, 4.69) is 25.5 Å². The first-order valence-corrected chi connectivity index (χ1v) is 21.5. The average molecular weight is 788 g/mol. The van der Waals surface area contributed by atoms with Crippen LogP contribution in [-0.2, 0) is 26.2 Å². The zero-order valence-electron chi connectivity index (χ0n) is 31.6.